The number of phenols is 1. The number of hydrogen-bond donors (Lipinski definition) is 1. The highest BCUT2D eigenvalue weighted by Gasteiger charge is 2.21. The Morgan fingerprint density at radius 1 is 0.923 bits per heavy atom. The van der Waals surface area contributed by atoms with E-state index in [0.29, 0.717) is 0 Å². The van der Waals surface area contributed by atoms with Crippen LogP contribution in [0.2, 0.25) is 0 Å². The monoisotopic (exact) mass is 366 g/mol. The number of halogens is 1. The summed E-state index contributed by atoms with van der Waals surface area (Å²) in [6.07, 6.45) is 0. The molecule has 3 aromatic carbocycles. The van der Waals surface area contributed by atoms with Crippen molar-refractivity contribution in [2.24, 2.45) is 7.05 Å². The second kappa shape index (κ2) is 6.61. The SMILES string of the molecule is C[n+]1c(-c2ccc([N+](=O)[O-])cc2)c2cc(O)ccc2c2ccccc21.[Cl-]. The van der Waals surface area contributed by atoms with Crippen molar-refractivity contribution in [3.63, 3.8) is 0 Å². The third-order valence-electron chi connectivity index (χ3n) is 4.50. The predicted octanol–water partition coefficient (Wildman–Crippen LogP) is 1.10. The van der Waals surface area contributed by atoms with Crippen molar-refractivity contribution in [1.29, 1.82) is 0 Å². The largest absolute Gasteiger partial charge is 1.00 e. The van der Waals surface area contributed by atoms with E-state index in [0.717, 1.165) is 32.9 Å². The molecule has 0 aliphatic heterocycles. The zero-order valence-corrected chi connectivity index (χ0v) is 14.6. The molecule has 5 nitrogen and oxygen atoms in total. The summed E-state index contributed by atoms with van der Waals surface area (Å²) in [4.78, 5) is 10.5. The van der Waals surface area contributed by atoms with Crippen molar-refractivity contribution in [1.82, 2.24) is 0 Å². The van der Waals surface area contributed by atoms with Gasteiger partial charge in [-0.05, 0) is 36.4 Å². The first-order chi connectivity index (χ1) is 12.1. The van der Waals surface area contributed by atoms with Gasteiger partial charge in [0.05, 0.1) is 15.7 Å². The van der Waals surface area contributed by atoms with E-state index in [9.17, 15) is 15.2 Å². The summed E-state index contributed by atoms with van der Waals surface area (Å²) in [5.74, 6) is 0.186. The van der Waals surface area contributed by atoms with Crippen LogP contribution in [0.3, 0.4) is 0 Å². The van der Waals surface area contributed by atoms with Crippen molar-refractivity contribution in [3.8, 4) is 17.0 Å². The maximum absolute atomic E-state index is 10.9. The lowest BCUT2D eigenvalue weighted by molar-refractivity contribution is -0.632. The van der Waals surface area contributed by atoms with Crippen molar-refractivity contribution in [2.45, 2.75) is 0 Å². The van der Waals surface area contributed by atoms with Crippen LogP contribution >= 0.6 is 0 Å². The summed E-state index contributed by atoms with van der Waals surface area (Å²) in [6.45, 7) is 0. The van der Waals surface area contributed by atoms with Gasteiger partial charge in [0.25, 0.3) is 5.69 Å². The third-order valence-corrected chi connectivity index (χ3v) is 4.50. The molecule has 1 N–H and O–H groups in total. The number of pyridine rings is 1. The van der Waals surface area contributed by atoms with Crippen LogP contribution in [0.1, 0.15) is 0 Å². The van der Waals surface area contributed by atoms with Crippen molar-refractivity contribution < 1.29 is 27.0 Å². The molecule has 1 aromatic heterocycles. The third kappa shape index (κ3) is 2.72. The Kier molecular flexibility index (Phi) is 4.49. The molecule has 0 saturated heterocycles. The maximum atomic E-state index is 10.9. The number of hydrogen-bond acceptors (Lipinski definition) is 3. The molecule has 0 amide bonds. The second-order valence-electron chi connectivity index (χ2n) is 5.96. The van der Waals surface area contributed by atoms with Crippen LogP contribution in [0.4, 0.5) is 5.69 Å². The Bertz CT molecular complexity index is 1140. The molecule has 0 saturated carbocycles. The predicted molar refractivity (Wildman–Crippen MR) is 96.4 cm³/mol. The molecule has 0 aliphatic rings. The van der Waals surface area contributed by atoms with Crippen molar-refractivity contribution in [2.75, 3.05) is 0 Å². The molecular weight excluding hydrogens is 352 g/mol. The minimum absolute atomic E-state index is 0. The smallest absolute Gasteiger partial charge is 0.269 e. The summed E-state index contributed by atoms with van der Waals surface area (Å²) in [7, 11) is 1.96. The summed E-state index contributed by atoms with van der Waals surface area (Å²) in [6, 6.07) is 19.9. The molecule has 26 heavy (non-hydrogen) atoms. The van der Waals surface area contributed by atoms with Gasteiger partial charge in [-0.15, -0.1) is 0 Å². The first kappa shape index (κ1) is 17.6. The first-order valence-corrected chi connectivity index (χ1v) is 7.84. The first-order valence-electron chi connectivity index (χ1n) is 7.84. The van der Waals surface area contributed by atoms with Gasteiger partial charge in [0.1, 0.15) is 12.8 Å². The minimum atomic E-state index is -0.409. The number of para-hydroxylation sites is 1. The number of nitrogens with zero attached hydrogens (tertiary/aromatic N) is 2. The number of fused-ring (bicyclic) bond motifs is 3. The lowest BCUT2D eigenvalue weighted by Crippen LogP contribution is -3.00. The molecular formula is C20H15ClN2O3. The average molecular weight is 367 g/mol. The lowest BCUT2D eigenvalue weighted by Gasteiger charge is -2.09. The van der Waals surface area contributed by atoms with E-state index in [2.05, 4.69) is 4.57 Å². The Labute approximate surface area is 155 Å². The summed E-state index contributed by atoms with van der Waals surface area (Å²) >= 11 is 0. The number of nitro groups is 1. The quantitative estimate of drug-likeness (QED) is 0.250. The average Bonchev–Trinajstić information content (AvgIpc) is 2.62. The molecule has 0 aliphatic carbocycles. The molecule has 130 valence electrons. The molecule has 6 heteroatoms. The highest BCUT2D eigenvalue weighted by Crippen LogP contribution is 2.33. The van der Waals surface area contributed by atoms with Gasteiger partial charge in [-0.2, -0.15) is 4.57 Å². The summed E-state index contributed by atoms with van der Waals surface area (Å²) in [5.41, 5.74) is 2.86. The van der Waals surface area contributed by atoms with Gasteiger partial charge in [0, 0.05) is 29.1 Å². The zero-order valence-electron chi connectivity index (χ0n) is 13.9. The number of non-ortho nitro benzene ring substituents is 1. The van der Waals surface area contributed by atoms with Gasteiger partial charge in [0.15, 0.2) is 0 Å². The Balaban J connectivity index is 0.00000196. The minimum Gasteiger partial charge on any atom is -1.00 e. The van der Waals surface area contributed by atoms with E-state index in [-0.39, 0.29) is 23.8 Å². The van der Waals surface area contributed by atoms with Gasteiger partial charge in [0.2, 0.25) is 11.2 Å². The molecule has 0 bridgehead atoms. The Morgan fingerprint density at radius 3 is 2.31 bits per heavy atom. The van der Waals surface area contributed by atoms with Crippen LogP contribution in [0.5, 0.6) is 5.75 Å². The normalized spacial score (nSPS) is 10.7. The number of nitro benzene ring substituents is 1. The molecule has 0 atom stereocenters. The zero-order chi connectivity index (χ0) is 17.6. The fourth-order valence-electron chi connectivity index (χ4n) is 3.35. The van der Waals surface area contributed by atoms with Gasteiger partial charge in [-0.1, -0.05) is 12.1 Å². The van der Waals surface area contributed by atoms with E-state index in [4.69, 9.17) is 0 Å². The fourth-order valence-corrected chi connectivity index (χ4v) is 3.35. The molecule has 1 heterocycles. The van der Waals surface area contributed by atoms with Crippen molar-refractivity contribution in [3.05, 3.63) is 76.8 Å². The van der Waals surface area contributed by atoms with Gasteiger partial charge >= 0.3 is 0 Å². The molecule has 0 spiro atoms. The number of rotatable bonds is 2. The van der Waals surface area contributed by atoms with Crippen LogP contribution in [-0.4, -0.2) is 10.0 Å². The second-order valence-corrected chi connectivity index (χ2v) is 5.96. The van der Waals surface area contributed by atoms with Crippen LogP contribution in [0.25, 0.3) is 32.9 Å². The van der Waals surface area contributed by atoms with Crippen LogP contribution < -0.4 is 17.0 Å². The number of aromatic hydroxyl groups is 1. The van der Waals surface area contributed by atoms with E-state index in [1.165, 1.54) is 12.1 Å². The number of phenolic OH excluding ortho intramolecular Hbond substituents is 1. The molecule has 4 rings (SSSR count). The molecule has 0 radical (unpaired) electrons. The van der Waals surface area contributed by atoms with E-state index in [1.54, 1.807) is 24.3 Å². The van der Waals surface area contributed by atoms with Crippen LogP contribution in [0.15, 0.2) is 66.7 Å². The topological polar surface area (TPSA) is 67.2 Å². The number of benzene rings is 3. The Hall–Kier alpha value is -3.18. The highest BCUT2D eigenvalue weighted by atomic mass is 35.5. The maximum Gasteiger partial charge on any atom is 0.269 e. The van der Waals surface area contributed by atoms with Gasteiger partial charge in [-0.25, -0.2) is 0 Å². The lowest BCUT2D eigenvalue weighted by atomic mass is 9.99. The summed E-state index contributed by atoms with van der Waals surface area (Å²) in [5, 5.41) is 23.9. The summed E-state index contributed by atoms with van der Waals surface area (Å²) < 4.78 is 2.05. The van der Waals surface area contributed by atoms with Crippen molar-refractivity contribution >= 4 is 27.4 Å². The van der Waals surface area contributed by atoms with E-state index < -0.39 is 4.92 Å². The number of aryl methyl sites for hydroxylation is 1. The van der Waals surface area contributed by atoms with E-state index >= 15 is 0 Å². The van der Waals surface area contributed by atoms with Gasteiger partial charge < -0.3 is 17.5 Å². The van der Waals surface area contributed by atoms with Gasteiger partial charge in [-0.3, -0.25) is 10.1 Å². The standard InChI is InChI=1S/C20H14N2O3.ClH/c1-21-19-5-3-2-4-17(19)16-11-10-15(23)12-18(16)20(21)13-6-8-14(9-7-13)22(24)25;/h2-12H,1H3;1H. The molecule has 4 aromatic rings. The highest BCUT2D eigenvalue weighted by molar-refractivity contribution is 6.09. The molecule has 0 unspecified atom stereocenters. The number of aromatic nitrogens is 1. The van der Waals surface area contributed by atoms with Crippen LogP contribution in [-0.2, 0) is 7.05 Å². The van der Waals surface area contributed by atoms with E-state index in [1.807, 2.05) is 37.4 Å². The Morgan fingerprint density at radius 2 is 1.62 bits per heavy atom. The fraction of sp³-hybridized carbons (Fsp3) is 0.0500. The molecule has 0 fully saturated rings. The van der Waals surface area contributed by atoms with Crippen LogP contribution in [0, 0.1) is 10.1 Å².